The molecule has 2 aliphatic heterocycles. The molecule has 1 atom stereocenters. The summed E-state index contributed by atoms with van der Waals surface area (Å²) < 4.78 is 12.9. The molecule has 0 spiro atoms. The molecule has 1 saturated heterocycles. The summed E-state index contributed by atoms with van der Waals surface area (Å²) in [5.41, 5.74) is 2.33. The first-order valence-corrected chi connectivity index (χ1v) is 6.55. The van der Waals surface area contributed by atoms with Crippen molar-refractivity contribution >= 4 is 0 Å². The largest absolute Gasteiger partial charge is 0.454 e. The fourth-order valence-corrected chi connectivity index (χ4v) is 2.77. The Morgan fingerprint density at radius 3 is 3.11 bits per heavy atom. The highest BCUT2D eigenvalue weighted by molar-refractivity contribution is 5.50. The van der Waals surface area contributed by atoms with Gasteiger partial charge >= 0.3 is 0 Å². The van der Waals surface area contributed by atoms with Crippen molar-refractivity contribution in [2.75, 3.05) is 19.9 Å². The van der Waals surface area contributed by atoms with Crippen LogP contribution in [0.3, 0.4) is 0 Å². The molecule has 4 rings (SSSR count). The fraction of sp³-hybridized carbons (Fsp3) is 0.357. The number of aromatic nitrogens is 2. The maximum absolute atomic E-state index is 5.43. The summed E-state index contributed by atoms with van der Waals surface area (Å²) in [6.07, 6.45) is 4.99. The van der Waals surface area contributed by atoms with Crippen LogP contribution >= 0.6 is 0 Å². The van der Waals surface area contributed by atoms with Crippen LogP contribution in [0.2, 0.25) is 0 Å². The van der Waals surface area contributed by atoms with Gasteiger partial charge in [0.25, 0.3) is 0 Å². The van der Waals surface area contributed by atoms with E-state index in [0.717, 1.165) is 36.7 Å². The van der Waals surface area contributed by atoms with Crippen molar-refractivity contribution in [3.8, 4) is 17.2 Å². The van der Waals surface area contributed by atoms with Crippen molar-refractivity contribution in [2.45, 2.75) is 12.3 Å². The van der Waals surface area contributed by atoms with Crippen LogP contribution in [0.15, 0.2) is 30.7 Å². The van der Waals surface area contributed by atoms with E-state index < -0.39 is 0 Å². The first-order valence-electron chi connectivity index (χ1n) is 6.55. The molecule has 1 fully saturated rings. The Balaban J connectivity index is 1.74. The van der Waals surface area contributed by atoms with Crippen molar-refractivity contribution in [1.29, 1.82) is 0 Å². The molecule has 1 unspecified atom stereocenters. The lowest BCUT2D eigenvalue weighted by molar-refractivity contribution is 0.174. The number of rotatable bonds is 2. The van der Waals surface area contributed by atoms with E-state index in [2.05, 4.69) is 14.9 Å². The first-order chi connectivity index (χ1) is 9.42. The van der Waals surface area contributed by atoms with Gasteiger partial charge in [-0.2, -0.15) is 0 Å². The second-order valence-corrected chi connectivity index (χ2v) is 4.92. The molecule has 0 amide bonds. The van der Waals surface area contributed by atoms with E-state index in [0.29, 0.717) is 12.7 Å². The number of benzene rings is 1. The summed E-state index contributed by atoms with van der Waals surface area (Å²) in [5.74, 6) is 2.16. The van der Waals surface area contributed by atoms with Crippen LogP contribution in [0.5, 0.6) is 11.5 Å². The Hall–Kier alpha value is -2.01. The van der Waals surface area contributed by atoms with E-state index in [1.54, 1.807) is 0 Å². The van der Waals surface area contributed by atoms with E-state index in [9.17, 15) is 0 Å². The van der Waals surface area contributed by atoms with Crippen LogP contribution in [-0.2, 0) is 0 Å². The summed E-state index contributed by atoms with van der Waals surface area (Å²) in [5, 5.41) is 3.40. The lowest BCUT2D eigenvalue weighted by Crippen LogP contribution is -2.10. The fourth-order valence-electron chi connectivity index (χ4n) is 2.77. The first kappa shape index (κ1) is 10.9. The zero-order chi connectivity index (χ0) is 12.7. The number of hydrogen-bond acceptors (Lipinski definition) is 4. The second-order valence-electron chi connectivity index (χ2n) is 4.92. The van der Waals surface area contributed by atoms with Gasteiger partial charge in [-0.3, -0.25) is 0 Å². The average molecular weight is 257 g/mol. The van der Waals surface area contributed by atoms with Gasteiger partial charge in [-0.15, -0.1) is 0 Å². The van der Waals surface area contributed by atoms with E-state index in [1.165, 1.54) is 5.69 Å². The van der Waals surface area contributed by atoms with Crippen LogP contribution < -0.4 is 14.8 Å². The Labute approximate surface area is 111 Å². The van der Waals surface area contributed by atoms with Crippen molar-refractivity contribution < 1.29 is 9.47 Å². The van der Waals surface area contributed by atoms with Gasteiger partial charge < -0.3 is 19.4 Å². The Kier molecular flexibility index (Phi) is 2.45. The summed E-state index contributed by atoms with van der Waals surface area (Å²) in [6.45, 7) is 2.41. The number of hydrogen-bond donors (Lipinski definition) is 1. The van der Waals surface area contributed by atoms with Gasteiger partial charge in [0.1, 0.15) is 0 Å². The quantitative estimate of drug-likeness (QED) is 0.889. The van der Waals surface area contributed by atoms with Crippen molar-refractivity contribution in [1.82, 2.24) is 14.9 Å². The van der Waals surface area contributed by atoms with Gasteiger partial charge in [-0.1, -0.05) is 0 Å². The number of fused-ring (bicyclic) bond motifs is 1. The van der Waals surface area contributed by atoms with E-state index in [4.69, 9.17) is 9.47 Å². The molecule has 5 heteroatoms. The summed E-state index contributed by atoms with van der Waals surface area (Å²) >= 11 is 0. The number of nitrogens with zero attached hydrogens (tertiary/aromatic N) is 2. The third kappa shape index (κ3) is 1.77. The van der Waals surface area contributed by atoms with E-state index in [-0.39, 0.29) is 0 Å². The predicted molar refractivity (Wildman–Crippen MR) is 69.9 cm³/mol. The molecule has 0 bridgehead atoms. The third-order valence-electron chi connectivity index (χ3n) is 3.78. The smallest absolute Gasteiger partial charge is 0.231 e. The van der Waals surface area contributed by atoms with Crippen molar-refractivity contribution in [2.24, 2.45) is 0 Å². The average Bonchev–Trinajstić information content (AvgIpc) is 3.18. The Morgan fingerprint density at radius 1 is 1.26 bits per heavy atom. The SMILES string of the molecule is c1cc2c(cc1-n1cncc1C1CCNC1)OCO2. The number of ether oxygens (including phenoxy) is 2. The maximum atomic E-state index is 5.43. The molecule has 2 aromatic rings. The molecular weight excluding hydrogens is 242 g/mol. The zero-order valence-corrected chi connectivity index (χ0v) is 10.5. The molecule has 19 heavy (non-hydrogen) atoms. The maximum Gasteiger partial charge on any atom is 0.231 e. The van der Waals surface area contributed by atoms with Gasteiger partial charge in [0.15, 0.2) is 11.5 Å². The zero-order valence-electron chi connectivity index (χ0n) is 10.5. The van der Waals surface area contributed by atoms with Gasteiger partial charge in [0.05, 0.1) is 12.0 Å². The van der Waals surface area contributed by atoms with Crippen molar-refractivity contribution in [3.63, 3.8) is 0 Å². The molecular formula is C14H15N3O2. The molecule has 0 saturated carbocycles. The van der Waals surface area contributed by atoms with Crippen LogP contribution in [0.25, 0.3) is 5.69 Å². The molecule has 1 aromatic carbocycles. The number of imidazole rings is 1. The topological polar surface area (TPSA) is 48.3 Å². The van der Waals surface area contributed by atoms with Gasteiger partial charge in [0, 0.05) is 30.4 Å². The molecule has 3 heterocycles. The lowest BCUT2D eigenvalue weighted by Gasteiger charge is -2.13. The normalized spacial score (nSPS) is 20.9. The summed E-state index contributed by atoms with van der Waals surface area (Å²) in [7, 11) is 0. The monoisotopic (exact) mass is 257 g/mol. The van der Waals surface area contributed by atoms with Crippen molar-refractivity contribution in [3.05, 3.63) is 36.4 Å². The second kappa shape index (κ2) is 4.28. The minimum atomic E-state index is 0.308. The molecule has 1 N–H and O–H groups in total. The highest BCUT2D eigenvalue weighted by Crippen LogP contribution is 2.34. The highest BCUT2D eigenvalue weighted by Gasteiger charge is 2.21. The van der Waals surface area contributed by atoms with E-state index in [1.807, 2.05) is 30.7 Å². The van der Waals surface area contributed by atoms with E-state index >= 15 is 0 Å². The minimum absolute atomic E-state index is 0.308. The minimum Gasteiger partial charge on any atom is -0.454 e. The molecule has 98 valence electrons. The highest BCUT2D eigenvalue weighted by atomic mass is 16.7. The van der Waals surface area contributed by atoms with Gasteiger partial charge in [-0.25, -0.2) is 4.98 Å². The van der Waals surface area contributed by atoms with Gasteiger partial charge in [-0.05, 0) is 25.1 Å². The van der Waals surface area contributed by atoms with Crippen LogP contribution in [0.4, 0.5) is 0 Å². The summed E-state index contributed by atoms with van der Waals surface area (Å²) in [4.78, 5) is 4.30. The predicted octanol–water partition coefficient (Wildman–Crippen LogP) is 1.68. The van der Waals surface area contributed by atoms with Crippen LogP contribution in [0.1, 0.15) is 18.0 Å². The van der Waals surface area contributed by atoms with Crippen LogP contribution in [-0.4, -0.2) is 29.4 Å². The molecule has 0 aliphatic carbocycles. The third-order valence-corrected chi connectivity index (χ3v) is 3.78. The molecule has 1 aromatic heterocycles. The van der Waals surface area contributed by atoms with Gasteiger partial charge in [0.2, 0.25) is 6.79 Å². The Bertz CT molecular complexity index is 602. The number of nitrogens with one attached hydrogen (secondary N) is 1. The molecule has 2 aliphatic rings. The lowest BCUT2D eigenvalue weighted by atomic mass is 10.1. The standard InChI is InChI=1S/C14H15N3O2/c1-2-13-14(19-9-18-13)5-11(1)17-8-16-7-12(17)10-3-4-15-6-10/h1-2,5,7-8,10,15H,3-4,6,9H2. The molecule has 0 radical (unpaired) electrons. The Morgan fingerprint density at radius 2 is 2.21 bits per heavy atom. The molecule has 5 nitrogen and oxygen atoms in total. The van der Waals surface area contributed by atoms with Crippen LogP contribution in [0, 0.1) is 0 Å². The summed E-state index contributed by atoms with van der Waals surface area (Å²) in [6, 6.07) is 6.01.